The molecule has 0 aliphatic carbocycles. The summed E-state index contributed by atoms with van der Waals surface area (Å²) in [7, 11) is 0. The molecule has 0 saturated carbocycles. The van der Waals surface area contributed by atoms with Crippen LogP contribution in [0, 0.1) is 4.77 Å². The molecule has 0 aliphatic heterocycles. The fourth-order valence-electron chi connectivity index (χ4n) is 2.83. The lowest BCUT2D eigenvalue weighted by molar-refractivity contribution is -0.116. The van der Waals surface area contributed by atoms with Gasteiger partial charge in [0.15, 0.2) is 4.77 Å². The average molecular weight is 418 g/mol. The second-order valence-corrected chi connectivity index (χ2v) is 8.29. The molecule has 3 rings (SSSR count). The Morgan fingerprint density at radius 2 is 2.04 bits per heavy atom. The van der Waals surface area contributed by atoms with Gasteiger partial charge in [0, 0.05) is 18.9 Å². The normalized spacial score (nSPS) is 11.2. The maximum absolute atomic E-state index is 12.6. The standard InChI is InChI=1S/C19H23N5O2S2/c1-12(2)16-22-23-18(28-16)21-15(25)10-4-3-7-11-24-17(26)13-8-5-6-9-14(13)20-19(24)27/h5-6,8-9,12H,3-4,7,10-11H2,1-2H3,(H,20,27)(H,21,23,25). The van der Waals surface area contributed by atoms with Gasteiger partial charge in [-0.1, -0.05) is 43.7 Å². The third-order valence-electron chi connectivity index (χ3n) is 4.36. The molecule has 0 spiro atoms. The predicted octanol–water partition coefficient (Wildman–Crippen LogP) is 4.23. The monoisotopic (exact) mass is 417 g/mol. The van der Waals surface area contributed by atoms with Gasteiger partial charge in [-0.2, -0.15) is 0 Å². The van der Waals surface area contributed by atoms with E-state index in [0.717, 1.165) is 29.8 Å². The zero-order valence-electron chi connectivity index (χ0n) is 15.9. The molecule has 1 aromatic carbocycles. The van der Waals surface area contributed by atoms with Crippen LogP contribution in [0.4, 0.5) is 5.13 Å². The van der Waals surface area contributed by atoms with E-state index in [9.17, 15) is 9.59 Å². The third-order valence-corrected chi connectivity index (χ3v) is 5.82. The van der Waals surface area contributed by atoms with E-state index in [0.29, 0.717) is 34.2 Å². The summed E-state index contributed by atoms with van der Waals surface area (Å²) in [5.74, 6) is 0.236. The number of aromatic nitrogens is 4. The maximum Gasteiger partial charge on any atom is 0.262 e. The minimum absolute atomic E-state index is 0.0633. The van der Waals surface area contributed by atoms with Crippen molar-refractivity contribution >= 4 is 45.5 Å². The van der Waals surface area contributed by atoms with Crippen LogP contribution in [-0.2, 0) is 11.3 Å². The van der Waals surface area contributed by atoms with Crippen LogP contribution in [0.3, 0.4) is 0 Å². The number of nitrogens with zero attached hydrogens (tertiary/aromatic N) is 3. The van der Waals surface area contributed by atoms with Crippen LogP contribution in [0.2, 0.25) is 0 Å². The van der Waals surface area contributed by atoms with Crippen LogP contribution in [0.15, 0.2) is 29.1 Å². The summed E-state index contributed by atoms with van der Waals surface area (Å²) in [6, 6.07) is 7.35. The number of rotatable bonds is 8. The second-order valence-electron chi connectivity index (χ2n) is 6.89. The summed E-state index contributed by atoms with van der Waals surface area (Å²) < 4.78 is 2.02. The van der Waals surface area contributed by atoms with Gasteiger partial charge in [0.1, 0.15) is 5.01 Å². The smallest absolute Gasteiger partial charge is 0.262 e. The number of amides is 1. The Bertz CT molecular complexity index is 1080. The first-order valence-corrected chi connectivity index (χ1v) is 10.5. The molecule has 9 heteroatoms. The zero-order valence-corrected chi connectivity index (χ0v) is 17.5. The number of anilines is 1. The number of aromatic amines is 1. The summed E-state index contributed by atoms with van der Waals surface area (Å²) in [6.07, 6.45) is 2.75. The Labute approximate surface area is 171 Å². The van der Waals surface area contributed by atoms with Gasteiger partial charge >= 0.3 is 0 Å². The fraction of sp³-hybridized carbons (Fsp3) is 0.421. The van der Waals surface area contributed by atoms with Crippen molar-refractivity contribution in [3.63, 3.8) is 0 Å². The number of carbonyl (C=O) groups excluding carboxylic acids is 1. The molecule has 2 aromatic heterocycles. The summed E-state index contributed by atoms with van der Waals surface area (Å²) in [4.78, 5) is 27.7. The van der Waals surface area contributed by atoms with Crippen molar-refractivity contribution in [3.05, 3.63) is 44.4 Å². The average Bonchev–Trinajstić information content (AvgIpc) is 3.12. The highest BCUT2D eigenvalue weighted by atomic mass is 32.1. The molecular formula is C19H23N5O2S2. The summed E-state index contributed by atoms with van der Waals surface area (Å²) in [6.45, 7) is 4.62. The number of nitrogens with one attached hydrogen (secondary N) is 2. The van der Waals surface area contributed by atoms with E-state index in [-0.39, 0.29) is 11.5 Å². The molecule has 3 aromatic rings. The number of fused-ring (bicyclic) bond motifs is 1. The van der Waals surface area contributed by atoms with Gasteiger partial charge in [-0.25, -0.2) is 0 Å². The fourth-order valence-corrected chi connectivity index (χ4v) is 3.88. The lowest BCUT2D eigenvalue weighted by atomic mass is 10.2. The van der Waals surface area contributed by atoms with E-state index in [1.165, 1.54) is 11.3 Å². The van der Waals surface area contributed by atoms with Crippen molar-refractivity contribution in [2.45, 2.75) is 52.0 Å². The quantitative estimate of drug-likeness (QED) is 0.423. The van der Waals surface area contributed by atoms with Crippen molar-refractivity contribution in [2.75, 3.05) is 5.32 Å². The lowest BCUT2D eigenvalue weighted by Gasteiger charge is -2.08. The first kappa shape index (κ1) is 20.3. The molecule has 0 radical (unpaired) electrons. The van der Waals surface area contributed by atoms with Crippen LogP contribution in [-0.4, -0.2) is 25.7 Å². The van der Waals surface area contributed by atoms with Crippen molar-refractivity contribution in [3.8, 4) is 0 Å². The molecule has 2 N–H and O–H groups in total. The van der Waals surface area contributed by atoms with E-state index in [1.54, 1.807) is 10.6 Å². The number of carbonyl (C=O) groups is 1. The van der Waals surface area contributed by atoms with Gasteiger partial charge in [0.05, 0.1) is 10.9 Å². The van der Waals surface area contributed by atoms with Crippen molar-refractivity contribution in [2.24, 2.45) is 0 Å². The second kappa shape index (κ2) is 9.20. The van der Waals surface area contributed by atoms with Gasteiger partial charge in [-0.15, -0.1) is 10.2 Å². The van der Waals surface area contributed by atoms with E-state index in [2.05, 4.69) is 20.5 Å². The Kier molecular flexibility index (Phi) is 6.69. The summed E-state index contributed by atoms with van der Waals surface area (Å²) in [5.41, 5.74) is 0.678. The summed E-state index contributed by atoms with van der Waals surface area (Å²) >= 11 is 6.72. The highest BCUT2D eigenvalue weighted by Crippen LogP contribution is 2.22. The van der Waals surface area contributed by atoms with Crippen molar-refractivity contribution < 1.29 is 4.79 Å². The minimum Gasteiger partial charge on any atom is -0.332 e. The number of hydrogen-bond acceptors (Lipinski definition) is 6. The van der Waals surface area contributed by atoms with Gasteiger partial charge in [-0.3, -0.25) is 14.2 Å². The number of H-pyrrole nitrogens is 1. The molecule has 0 atom stereocenters. The Hall–Kier alpha value is -2.39. The van der Waals surface area contributed by atoms with E-state index in [4.69, 9.17) is 12.2 Å². The molecule has 0 unspecified atom stereocenters. The van der Waals surface area contributed by atoms with Crippen LogP contribution in [0.1, 0.15) is 50.5 Å². The largest absolute Gasteiger partial charge is 0.332 e. The molecule has 0 fully saturated rings. The van der Waals surface area contributed by atoms with Crippen molar-refractivity contribution in [1.29, 1.82) is 0 Å². The molecule has 1 amide bonds. The molecule has 0 bridgehead atoms. The maximum atomic E-state index is 12.6. The Morgan fingerprint density at radius 3 is 2.79 bits per heavy atom. The number of unbranched alkanes of at least 4 members (excludes halogenated alkanes) is 2. The Morgan fingerprint density at radius 1 is 1.25 bits per heavy atom. The lowest BCUT2D eigenvalue weighted by Crippen LogP contribution is -2.22. The molecule has 28 heavy (non-hydrogen) atoms. The molecular weight excluding hydrogens is 394 g/mol. The van der Waals surface area contributed by atoms with Crippen LogP contribution < -0.4 is 10.9 Å². The molecule has 0 aliphatic rings. The molecule has 7 nitrogen and oxygen atoms in total. The highest BCUT2D eigenvalue weighted by molar-refractivity contribution is 7.71. The van der Waals surface area contributed by atoms with Gasteiger partial charge < -0.3 is 10.3 Å². The zero-order chi connectivity index (χ0) is 20.1. The van der Waals surface area contributed by atoms with E-state index < -0.39 is 0 Å². The number of hydrogen-bond donors (Lipinski definition) is 2. The molecule has 2 heterocycles. The first-order chi connectivity index (χ1) is 13.5. The molecule has 0 saturated heterocycles. The number of para-hydroxylation sites is 1. The van der Waals surface area contributed by atoms with E-state index >= 15 is 0 Å². The van der Waals surface area contributed by atoms with E-state index in [1.807, 2.05) is 32.0 Å². The van der Waals surface area contributed by atoms with Crippen LogP contribution >= 0.6 is 23.6 Å². The van der Waals surface area contributed by atoms with Gasteiger partial charge in [0.2, 0.25) is 11.0 Å². The number of benzene rings is 1. The Balaban J connectivity index is 1.47. The minimum atomic E-state index is -0.0747. The topological polar surface area (TPSA) is 92.7 Å². The third kappa shape index (κ3) is 4.90. The van der Waals surface area contributed by atoms with Crippen LogP contribution in [0.25, 0.3) is 10.9 Å². The predicted molar refractivity (Wildman–Crippen MR) is 114 cm³/mol. The van der Waals surface area contributed by atoms with Crippen molar-refractivity contribution in [1.82, 2.24) is 19.7 Å². The van der Waals surface area contributed by atoms with Crippen LogP contribution in [0.5, 0.6) is 0 Å². The van der Waals surface area contributed by atoms with Gasteiger partial charge in [0.25, 0.3) is 5.56 Å². The molecule has 148 valence electrons. The first-order valence-electron chi connectivity index (χ1n) is 9.31. The SMILES string of the molecule is CC(C)c1nnc(NC(=O)CCCCCn2c(=S)[nH]c3ccccc3c2=O)s1. The van der Waals surface area contributed by atoms with Gasteiger partial charge in [-0.05, 0) is 37.2 Å². The summed E-state index contributed by atoms with van der Waals surface area (Å²) in [5, 5.41) is 12.9. The highest BCUT2D eigenvalue weighted by Gasteiger charge is 2.10.